The Balaban J connectivity index is 1.81. The van der Waals surface area contributed by atoms with Gasteiger partial charge >= 0.3 is 0 Å². The van der Waals surface area contributed by atoms with Crippen LogP contribution >= 0.6 is 23.2 Å². The second kappa shape index (κ2) is 9.47. The van der Waals surface area contributed by atoms with Crippen LogP contribution in [0.2, 0.25) is 10.0 Å². The van der Waals surface area contributed by atoms with E-state index in [-0.39, 0.29) is 26.2 Å². The van der Waals surface area contributed by atoms with Gasteiger partial charge in [-0.3, -0.25) is 9.52 Å². The van der Waals surface area contributed by atoms with Crippen molar-refractivity contribution < 1.29 is 22.7 Å². The number of carbonyl (C=O) groups is 1. The fourth-order valence-electron chi connectivity index (χ4n) is 2.77. The first-order valence-electron chi connectivity index (χ1n) is 8.86. The number of halogens is 2. The highest BCUT2D eigenvalue weighted by atomic mass is 35.5. The fraction of sp³-hybridized carbons (Fsp3) is 0.0952. The van der Waals surface area contributed by atoms with Gasteiger partial charge in [-0.25, -0.2) is 8.42 Å². The quantitative estimate of drug-likeness (QED) is 0.492. The summed E-state index contributed by atoms with van der Waals surface area (Å²) in [7, 11) is -1.02. The number of hydrogen-bond donors (Lipinski definition) is 2. The van der Waals surface area contributed by atoms with Crippen LogP contribution in [0.25, 0.3) is 0 Å². The van der Waals surface area contributed by atoms with Crippen molar-refractivity contribution in [2.45, 2.75) is 4.90 Å². The maximum absolute atomic E-state index is 12.7. The summed E-state index contributed by atoms with van der Waals surface area (Å²) in [6.07, 6.45) is 0. The average molecular weight is 481 g/mol. The highest BCUT2D eigenvalue weighted by Crippen LogP contribution is 2.32. The molecule has 31 heavy (non-hydrogen) atoms. The summed E-state index contributed by atoms with van der Waals surface area (Å²) in [5.74, 6) is 0.228. The molecule has 0 aliphatic heterocycles. The van der Waals surface area contributed by atoms with E-state index in [1.165, 1.54) is 44.6 Å². The molecule has 0 fully saturated rings. The maximum atomic E-state index is 12.7. The number of rotatable bonds is 7. The number of methoxy groups -OCH3 is 2. The molecule has 0 aliphatic rings. The molecule has 3 aromatic rings. The smallest absolute Gasteiger partial charge is 0.263 e. The van der Waals surface area contributed by atoms with E-state index in [4.69, 9.17) is 32.7 Å². The molecule has 0 spiro atoms. The molecule has 2 N–H and O–H groups in total. The van der Waals surface area contributed by atoms with Crippen molar-refractivity contribution in [3.63, 3.8) is 0 Å². The van der Waals surface area contributed by atoms with Crippen LogP contribution in [0.15, 0.2) is 65.6 Å². The van der Waals surface area contributed by atoms with Crippen molar-refractivity contribution in [1.29, 1.82) is 0 Å². The van der Waals surface area contributed by atoms with Crippen LogP contribution in [-0.2, 0) is 10.0 Å². The van der Waals surface area contributed by atoms with Gasteiger partial charge in [0.05, 0.1) is 34.8 Å². The lowest BCUT2D eigenvalue weighted by Crippen LogP contribution is -2.15. The van der Waals surface area contributed by atoms with Gasteiger partial charge in [-0.1, -0.05) is 35.3 Å². The van der Waals surface area contributed by atoms with Crippen molar-refractivity contribution in [2.24, 2.45) is 0 Å². The predicted octanol–water partition coefficient (Wildman–Crippen LogP) is 5.06. The molecule has 0 saturated carbocycles. The Bertz CT molecular complexity index is 1190. The van der Waals surface area contributed by atoms with Crippen LogP contribution in [0.3, 0.4) is 0 Å². The van der Waals surface area contributed by atoms with Gasteiger partial charge in [0.2, 0.25) is 0 Å². The van der Waals surface area contributed by atoms with Gasteiger partial charge in [-0.15, -0.1) is 0 Å². The summed E-state index contributed by atoms with van der Waals surface area (Å²) in [6, 6.07) is 15.3. The molecule has 0 saturated heterocycles. The van der Waals surface area contributed by atoms with Gasteiger partial charge in [-0.05, 0) is 48.5 Å². The first kappa shape index (κ1) is 22.7. The second-order valence-corrected chi connectivity index (χ2v) is 8.69. The maximum Gasteiger partial charge on any atom is 0.263 e. The topological polar surface area (TPSA) is 93.7 Å². The molecule has 3 aromatic carbocycles. The zero-order chi connectivity index (χ0) is 22.6. The molecule has 0 bridgehead atoms. The number of sulfonamides is 1. The predicted molar refractivity (Wildman–Crippen MR) is 121 cm³/mol. The average Bonchev–Trinajstić information content (AvgIpc) is 2.76. The molecule has 3 rings (SSSR count). The van der Waals surface area contributed by atoms with Gasteiger partial charge in [0.1, 0.15) is 17.1 Å². The molecular weight excluding hydrogens is 463 g/mol. The number of ether oxygens (including phenoxy) is 2. The number of nitrogens with one attached hydrogen (secondary N) is 2. The van der Waals surface area contributed by atoms with E-state index in [1.807, 2.05) is 0 Å². The standard InChI is InChI=1S/C21H18Cl2N2O5S/c1-29-17-7-4-8-18(30-2)19(17)21(26)24-13-9-11-14(12-10-13)31(27,28)25-16-6-3-5-15(22)20(16)23/h3-12,25H,1-2H3,(H,24,26). The lowest BCUT2D eigenvalue weighted by atomic mass is 10.1. The molecule has 1 amide bonds. The van der Waals surface area contributed by atoms with E-state index >= 15 is 0 Å². The molecular formula is C21H18Cl2N2O5S. The van der Waals surface area contributed by atoms with Crippen LogP contribution in [0.4, 0.5) is 11.4 Å². The molecule has 0 heterocycles. The number of hydrogen-bond acceptors (Lipinski definition) is 5. The largest absolute Gasteiger partial charge is 0.496 e. The van der Waals surface area contributed by atoms with Gasteiger partial charge < -0.3 is 14.8 Å². The minimum Gasteiger partial charge on any atom is -0.496 e. The SMILES string of the molecule is COc1cccc(OC)c1C(=O)Nc1ccc(S(=O)(=O)Nc2cccc(Cl)c2Cl)cc1. The van der Waals surface area contributed by atoms with Crippen molar-refractivity contribution in [1.82, 2.24) is 0 Å². The van der Waals surface area contributed by atoms with Crippen LogP contribution < -0.4 is 19.5 Å². The van der Waals surface area contributed by atoms with Gasteiger partial charge in [0.15, 0.2) is 0 Å². The monoisotopic (exact) mass is 480 g/mol. The van der Waals surface area contributed by atoms with Gasteiger partial charge in [0.25, 0.3) is 15.9 Å². The zero-order valence-corrected chi connectivity index (χ0v) is 18.8. The summed E-state index contributed by atoms with van der Waals surface area (Å²) < 4.78 is 38.2. The highest BCUT2D eigenvalue weighted by molar-refractivity contribution is 7.92. The third-order valence-corrected chi connectivity index (χ3v) is 6.47. The molecule has 7 nitrogen and oxygen atoms in total. The van der Waals surface area contributed by atoms with Crippen molar-refractivity contribution in [2.75, 3.05) is 24.3 Å². The van der Waals surface area contributed by atoms with Crippen molar-refractivity contribution >= 4 is 50.5 Å². The molecule has 0 aromatic heterocycles. The normalized spacial score (nSPS) is 11.0. The minimum absolute atomic E-state index is 0.0172. The van der Waals surface area contributed by atoms with Crippen LogP contribution in [0.5, 0.6) is 11.5 Å². The Labute approximate surface area is 189 Å². The molecule has 162 valence electrons. The van der Waals surface area contributed by atoms with E-state index in [9.17, 15) is 13.2 Å². The van der Waals surface area contributed by atoms with Gasteiger partial charge in [-0.2, -0.15) is 0 Å². The van der Waals surface area contributed by atoms with Crippen molar-refractivity contribution in [3.8, 4) is 11.5 Å². The van der Waals surface area contributed by atoms with E-state index in [1.54, 1.807) is 30.3 Å². The summed E-state index contributed by atoms with van der Waals surface area (Å²) in [5.41, 5.74) is 0.772. The number of benzene rings is 3. The Morgan fingerprint density at radius 2 is 1.45 bits per heavy atom. The molecule has 0 aliphatic carbocycles. The summed E-state index contributed by atoms with van der Waals surface area (Å²) in [6.45, 7) is 0. The Hall–Kier alpha value is -2.94. The Kier molecular flexibility index (Phi) is 6.94. The number of carbonyl (C=O) groups excluding carboxylic acids is 1. The summed E-state index contributed by atoms with van der Waals surface area (Å²) in [4.78, 5) is 12.7. The lowest BCUT2D eigenvalue weighted by Gasteiger charge is -2.13. The highest BCUT2D eigenvalue weighted by Gasteiger charge is 2.20. The molecule has 0 atom stereocenters. The van der Waals surface area contributed by atoms with E-state index in [2.05, 4.69) is 10.0 Å². The zero-order valence-electron chi connectivity index (χ0n) is 16.5. The Morgan fingerprint density at radius 1 is 0.871 bits per heavy atom. The Morgan fingerprint density at radius 3 is 2.03 bits per heavy atom. The summed E-state index contributed by atoms with van der Waals surface area (Å²) >= 11 is 12.0. The fourth-order valence-corrected chi connectivity index (χ4v) is 4.25. The third kappa shape index (κ3) is 5.04. The molecule has 0 unspecified atom stereocenters. The van der Waals surface area contributed by atoms with Crippen LogP contribution in [0, 0.1) is 0 Å². The van der Waals surface area contributed by atoms with E-state index < -0.39 is 15.9 Å². The minimum atomic E-state index is -3.92. The lowest BCUT2D eigenvalue weighted by molar-refractivity contribution is 0.102. The van der Waals surface area contributed by atoms with Crippen molar-refractivity contribution in [3.05, 3.63) is 76.3 Å². The summed E-state index contributed by atoms with van der Waals surface area (Å²) in [5, 5.41) is 3.03. The number of anilines is 2. The second-order valence-electron chi connectivity index (χ2n) is 6.22. The first-order valence-corrected chi connectivity index (χ1v) is 11.1. The van der Waals surface area contributed by atoms with Crippen LogP contribution in [-0.4, -0.2) is 28.5 Å². The van der Waals surface area contributed by atoms with Crippen LogP contribution in [0.1, 0.15) is 10.4 Å². The third-order valence-electron chi connectivity index (χ3n) is 4.27. The van der Waals surface area contributed by atoms with Gasteiger partial charge in [0, 0.05) is 5.69 Å². The van der Waals surface area contributed by atoms with E-state index in [0.717, 1.165) is 0 Å². The number of amides is 1. The molecule has 10 heteroatoms. The van der Waals surface area contributed by atoms with E-state index in [0.29, 0.717) is 17.2 Å². The first-order chi connectivity index (χ1) is 14.8. The molecule has 0 radical (unpaired) electrons.